The van der Waals surface area contributed by atoms with Gasteiger partial charge in [-0.3, -0.25) is 9.36 Å². The summed E-state index contributed by atoms with van der Waals surface area (Å²) in [4.78, 5) is 41.2. The number of nitrogens with one attached hydrogen (secondary N) is 2. The fraction of sp³-hybridized carbons (Fsp3) is 0.606. The molecule has 0 saturated carbocycles. The summed E-state index contributed by atoms with van der Waals surface area (Å²) in [5, 5.41) is 6.78. The first kappa shape index (κ1) is 35.0. The first-order valence-corrected chi connectivity index (χ1v) is 16.3. The second-order valence-corrected chi connectivity index (χ2v) is 13.7. The van der Waals surface area contributed by atoms with Crippen LogP contribution >= 0.6 is 0 Å². The van der Waals surface area contributed by atoms with Gasteiger partial charge in [0.1, 0.15) is 18.8 Å². The van der Waals surface area contributed by atoms with Crippen molar-refractivity contribution in [1.82, 2.24) is 24.4 Å². The number of piperidine rings is 1. The molecule has 2 aliphatic rings. The number of anilines is 3. The van der Waals surface area contributed by atoms with E-state index in [-0.39, 0.29) is 30.8 Å². The summed E-state index contributed by atoms with van der Waals surface area (Å²) in [5.41, 5.74) is 0.354. The number of fused-ring (bicyclic) bond motifs is 2. The van der Waals surface area contributed by atoms with Crippen LogP contribution < -0.4 is 20.1 Å². The van der Waals surface area contributed by atoms with Crippen LogP contribution in [0, 0.1) is 5.41 Å². The van der Waals surface area contributed by atoms with Crippen molar-refractivity contribution in [3.05, 3.63) is 24.5 Å². The second-order valence-electron chi connectivity index (χ2n) is 13.7. The highest BCUT2D eigenvalue weighted by Gasteiger charge is 2.29. The van der Waals surface area contributed by atoms with Crippen molar-refractivity contribution in [2.45, 2.75) is 72.8 Å². The number of nitrogens with zero attached hydrogens (tertiary/aromatic N) is 5. The lowest BCUT2D eigenvalue weighted by Crippen LogP contribution is -2.47. The molecule has 1 aromatic carbocycles. The first-order valence-electron chi connectivity index (χ1n) is 16.3. The molecule has 15 nitrogen and oxygen atoms in total. The van der Waals surface area contributed by atoms with Gasteiger partial charge in [0.15, 0.2) is 35.2 Å². The van der Waals surface area contributed by atoms with Crippen LogP contribution in [0.1, 0.15) is 54.4 Å². The lowest BCUT2D eigenvalue weighted by atomic mass is 9.98. The van der Waals surface area contributed by atoms with Crippen LogP contribution in [0.3, 0.4) is 0 Å². The monoisotopic (exact) mass is 669 g/mol. The molecular weight excluding hydrogens is 622 g/mol. The maximum absolute atomic E-state index is 12.8. The van der Waals surface area contributed by atoms with Crippen molar-refractivity contribution in [3.8, 4) is 11.5 Å². The molecule has 262 valence electrons. The van der Waals surface area contributed by atoms with Crippen LogP contribution in [0.25, 0.3) is 11.2 Å². The summed E-state index contributed by atoms with van der Waals surface area (Å²) in [6.45, 7) is 14.4. The minimum atomic E-state index is -0.669. The van der Waals surface area contributed by atoms with Gasteiger partial charge in [0.25, 0.3) is 0 Å². The lowest BCUT2D eigenvalue weighted by Gasteiger charge is -2.34. The standard InChI is InChI=1S/C33H47N7O8/c1-32(2,3)29(41)47-21-40-20-34-26-27(35-23-8-7-11-39(19-23)31(42)48-33(4,5)6)37-30(38-28(26)40)36-22-9-10-24-25(18-22)46-17-15-44-13-12-43-14-16-45-24/h9-10,18,20,23H,7-8,11-17,19,21H2,1-6H3,(H2,35,36,37,38)/t23-/m1/s1. The highest BCUT2D eigenvalue weighted by molar-refractivity contribution is 5.85. The molecule has 15 heteroatoms. The highest BCUT2D eigenvalue weighted by Crippen LogP contribution is 2.33. The van der Waals surface area contributed by atoms with Gasteiger partial charge in [0.2, 0.25) is 5.95 Å². The van der Waals surface area contributed by atoms with Gasteiger partial charge in [-0.1, -0.05) is 0 Å². The highest BCUT2D eigenvalue weighted by atomic mass is 16.6. The Balaban J connectivity index is 1.42. The van der Waals surface area contributed by atoms with E-state index in [1.54, 1.807) is 36.6 Å². The minimum Gasteiger partial charge on any atom is -0.487 e. The smallest absolute Gasteiger partial charge is 0.410 e. The van der Waals surface area contributed by atoms with E-state index in [4.69, 9.17) is 38.4 Å². The van der Waals surface area contributed by atoms with Gasteiger partial charge in [-0.2, -0.15) is 9.97 Å². The molecule has 2 aliphatic heterocycles. The SMILES string of the molecule is CC(C)(C)OC(=O)N1CCC[C@@H](Nc2nc(Nc3ccc4c(c3)OCCOCCOCCO4)nc3c2ncn3COC(=O)C(C)(C)C)C1. The Morgan fingerprint density at radius 3 is 2.38 bits per heavy atom. The van der Waals surface area contributed by atoms with Crippen LogP contribution in [0.2, 0.25) is 0 Å². The number of benzene rings is 1. The zero-order chi connectivity index (χ0) is 34.3. The van der Waals surface area contributed by atoms with Crippen molar-refractivity contribution < 1.29 is 38.0 Å². The summed E-state index contributed by atoms with van der Waals surface area (Å²) in [7, 11) is 0. The van der Waals surface area contributed by atoms with Crippen LogP contribution in [0.15, 0.2) is 24.5 Å². The Morgan fingerprint density at radius 2 is 1.67 bits per heavy atom. The number of carbonyl (C=O) groups is 2. The first-order chi connectivity index (χ1) is 22.9. The summed E-state index contributed by atoms with van der Waals surface area (Å²) < 4.78 is 35.8. The topological polar surface area (TPSA) is 160 Å². The maximum atomic E-state index is 12.8. The fourth-order valence-electron chi connectivity index (χ4n) is 5.01. The molecule has 5 rings (SSSR count). The number of aromatic nitrogens is 4. The van der Waals surface area contributed by atoms with Gasteiger partial charge >= 0.3 is 12.1 Å². The summed E-state index contributed by atoms with van der Waals surface area (Å²) >= 11 is 0. The number of carbonyl (C=O) groups excluding carboxylic acids is 2. The zero-order valence-corrected chi connectivity index (χ0v) is 28.7. The number of hydrogen-bond donors (Lipinski definition) is 2. The third-order valence-corrected chi connectivity index (χ3v) is 7.37. The van der Waals surface area contributed by atoms with Crippen molar-refractivity contribution in [2.24, 2.45) is 5.41 Å². The normalized spacial score (nSPS) is 18.0. The molecule has 0 spiro atoms. The molecular formula is C33H47N7O8. The Kier molecular flexibility index (Phi) is 11.1. The third-order valence-electron chi connectivity index (χ3n) is 7.37. The van der Waals surface area contributed by atoms with Crippen molar-refractivity contribution >= 4 is 40.7 Å². The Hall–Kier alpha value is -4.37. The van der Waals surface area contributed by atoms with Crippen molar-refractivity contribution in [3.63, 3.8) is 0 Å². The van der Waals surface area contributed by atoms with Crippen molar-refractivity contribution in [1.29, 1.82) is 0 Å². The molecule has 1 atom stereocenters. The average Bonchev–Trinajstić information content (AvgIpc) is 3.42. The summed E-state index contributed by atoms with van der Waals surface area (Å²) in [6.07, 6.45) is 2.82. The molecule has 1 fully saturated rings. The quantitative estimate of drug-likeness (QED) is 0.347. The number of hydrogen-bond acceptors (Lipinski definition) is 13. The molecule has 0 radical (unpaired) electrons. The van der Waals surface area contributed by atoms with Crippen molar-refractivity contribution in [2.75, 3.05) is 63.4 Å². The van der Waals surface area contributed by atoms with Crippen LogP contribution in [0.4, 0.5) is 22.2 Å². The summed E-state index contributed by atoms with van der Waals surface area (Å²) in [6, 6.07) is 5.35. The van der Waals surface area contributed by atoms with E-state index in [1.165, 1.54) is 0 Å². The van der Waals surface area contributed by atoms with E-state index >= 15 is 0 Å². The Bertz CT molecular complexity index is 1570. The van der Waals surface area contributed by atoms with Gasteiger partial charge in [-0.25, -0.2) is 9.78 Å². The second kappa shape index (κ2) is 15.2. The fourth-order valence-corrected chi connectivity index (χ4v) is 5.01. The van der Waals surface area contributed by atoms with Crippen LogP contribution in [-0.2, 0) is 30.5 Å². The van der Waals surface area contributed by atoms with E-state index < -0.39 is 11.0 Å². The largest absolute Gasteiger partial charge is 0.487 e. The van der Waals surface area contributed by atoms with E-state index in [2.05, 4.69) is 15.6 Å². The molecule has 1 amide bonds. The number of ether oxygens (including phenoxy) is 6. The maximum Gasteiger partial charge on any atom is 0.410 e. The molecule has 4 heterocycles. The number of likely N-dealkylation sites (tertiary alicyclic amines) is 1. The molecule has 2 N–H and O–H groups in total. The molecule has 2 aromatic heterocycles. The summed E-state index contributed by atoms with van der Waals surface area (Å²) in [5.74, 6) is 1.51. The van der Waals surface area contributed by atoms with E-state index in [9.17, 15) is 9.59 Å². The van der Waals surface area contributed by atoms with Gasteiger partial charge in [-0.05, 0) is 66.5 Å². The van der Waals surface area contributed by atoms with Gasteiger partial charge in [0, 0.05) is 30.9 Å². The van der Waals surface area contributed by atoms with Crippen LogP contribution in [-0.4, -0.2) is 101 Å². The Morgan fingerprint density at radius 1 is 0.958 bits per heavy atom. The molecule has 1 saturated heterocycles. The van der Waals surface area contributed by atoms with Gasteiger partial charge < -0.3 is 44.0 Å². The number of amides is 1. The van der Waals surface area contributed by atoms with E-state index in [0.717, 1.165) is 12.8 Å². The number of esters is 1. The minimum absolute atomic E-state index is 0.0752. The molecule has 0 bridgehead atoms. The van der Waals surface area contributed by atoms with E-state index in [0.29, 0.717) is 86.9 Å². The Labute approximate surface area is 280 Å². The van der Waals surface area contributed by atoms with Crippen LogP contribution in [0.5, 0.6) is 11.5 Å². The predicted molar refractivity (Wildman–Crippen MR) is 178 cm³/mol. The van der Waals surface area contributed by atoms with Gasteiger partial charge in [-0.15, -0.1) is 0 Å². The van der Waals surface area contributed by atoms with Gasteiger partial charge in [0.05, 0.1) is 38.2 Å². The average molecular weight is 670 g/mol. The third kappa shape index (κ3) is 9.60. The molecule has 3 aromatic rings. The molecule has 48 heavy (non-hydrogen) atoms. The molecule has 0 unspecified atom stereocenters. The zero-order valence-electron chi connectivity index (χ0n) is 28.7. The predicted octanol–water partition coefficient (Wildman–Crippen LogP) is 4.73. The van der Waals surface area contributed by atoms with E-state index in [1.807, 2.05) is 39.0 Å². The number of imidazole rings is 1. The lowest BCUT2D eigenvalue weighted by molar-refractivity contribution is -0.156. The molecule has 0 aliphatic carbocycles. The number of rotatable bonds is 6.